The normalized spacial score (nSPS) is 15.9. The second-order valence-corrected chi connectivity index (χ2v) is 5.48. The molecular formula is C16H22F2N2O3. The van der Waals surface area contributed by atoms with Gasteiger partial charge in [0.05, 0.1) is 6.61 Å². The number of benzene rings is 1. The van der Waals surface area contributed by atoms with Crippen molar-refractivity contribution in [2.45, 2.75) is 27.0 Å². The Morgan fingerprint density at radius 1 is 1.43 bits per heavy atom. The summed E-state index contributed by atoms with van der Waals surface area (Å²) < 4.78 is 35.2. The topological polar surface area (TPSA) is 59.6 Å². The molecule has 7 heteroatoms. The lowest BCUT2D eigenvalue weighted by atomic mass is 9.88. The van der Waals surface area contributed by atoms with Crippen LogP contribution in [0.1, 0.15) is 19.4 Å². The van der Waals surface area contributed by atoms with Crippen molar-refractivity contribution in [3.63, 3.8) is 0 Å². The highest BCUT2D eigenvalue weighted by Crippen LogP contribution is 2.32. The average Bonchev–Trinajstić information content (AvgIpc) is 2.45. The Labute approximate surface area is 134 Å². The summed E-state index contributed by atoms with van der Waals surface area (Å²) in [5, 5.41) is 5.91. The SMILES string of the molecule is CCOc1cccc(CNC(=O)C(C)C2CNC2)c1OC(F)F. The van der Waals surface area contributed by atoms with Crippen LogP contribution in [0.25, 0.3) is 0 Å². The van der Waals surface area contributed by atoms with Gasteiger partial charge in [0, 0.05) is 18.0 Å². The molecule has 1 heterocycles. The first-order valence-corrected chi connectivity index (χ1v) is 7.70. The highest BCUT2D eigenvalue weighted by molar-refractivity contribution is 5.78. The molecule has 1 aliphatic rings. The fourth-order valence-corrected chi connectivity index (χ4v) is 2.41. The van der Waals surface area contributed by atoms with Gasteiger partial charge in [0.15, 0.2) is 11.5 Å². The Hall–Kier alpha value is -1.89. The molecule has 1 aromatic rings. The molecule has 0 bridgehead atoms. The molecule has 1 amide bonds. The van der Waals surface area contributed by atoms with E-state index in [1.165, 1.54) is 0 Å². The Morgan fingerprint density at radius 2 is 2.17 bits per heavy atom. The fourth-order valence-electron chi connectivity index (χ4n) is 2.41. The zero-order chi connectivity index (χ0) is 16.8. The number of hydrogen-bond acceptors (Lipinski definition) is 4. The summed E-state index contributed by atoms with van der Waals surface area (Å²) in [4.78, 5) is 12.1. The van der Waals surface area contributed by atoms with Crippen molar-refractivity contribution in [2.75, 3.05) is 19.7 Å². The van der Waals surface area contributed by atoms with Gasteiger partial charge in [-0.25, -0.2) is 0 Å². The summed E-state index contributed by atoms with van der Waals surface area (Å²) in [5.41, 5.74) is 0.462. The minimum Gasteiger partial charge on any atom is -0.490 e. The number of rotatable bonds is 8. The summed E-state index contributed by atoms with van der Waals surface area (Å²) in [7, 11) is 0. The van der Waals surface area contributed by atoms with Crippen LogP contribution >= 0.6 is 0 Å². The van der Waals surface area contributed by atoms with E-state index in [1.54, 1.807) is 25.1 Å². The maximum absolute atomic E-state index is 12.6. The van der Waals surface area contributed by atoms with Gasteiger partial charge >= 0.3 is 6.61 Å². The lowest BCUT2D eigenvalue weighted by molar-refractivity contribution is -0.126. The Kier molecular flexibility index (Phi) is 6.15. The smallest absolute Gasteiger partial charge is 0.387 e. The monoisotopic (exact) mass is 328 g/mol. The highest BCUT2D eigenvalue weighted by atomic mass is 19.3. The van der Waals surface area contributed by atoms with Gasteiger partial charge in [0.25, 0.3) is 0 Å². The van der Waals surface area contributed by atoms with Crippen molar-refractivity contribution in [2.24, 2.45) is 11.8 Å². The first kappa shape index (κ1) is 17.5. The molecule has 1 aliphatic heterocycles. The van der Waals surface area contributed by atoms with E-state index in [1.807, 2.05) is 6.92 Å². The van der Waals surface area contributed by atoms with E-state index >= 15 is 0 Å². The number of para-hydroxylation sites is 1. The summed E-state index contributed by atoms with van der Waals surface area (Å²) >= 11 is 0. The molecule has 5 nitrogen and oxygen atoms in total. The van der Waals surface area contributed by atoms with Crippen LogP contribution in [0.5, 0.6) is 11.5 Å². The standard InChI is InChI=1S/C16H22F2N2O3/c1-3-22-13-6-4-5-11(14(13)23-16(17)18)9-20-15(21)10(2)12-7-19-8-12/h4-6,10,12,16,19H,3,7-9H2,1-2H3,(H,20,21). The van der Waals surface area contributed by atoms with Gasteiger partial charge in [-0.05, 0) is 32.0 Å². The number of hydrogen-bond donors (Lipinski definition) is 2. The van der Waals surface area contributed by atoms with E-state index in [2.05, 4.69) is 15.4 Å². The Morgan fingerprint density at radius 3 is 2.74 bits per heavy atom. The van der Waals surface area contributed by atoms with Crippen LogP contribution in [-0.2, 0) is 11.3 Å². The number of ether oxygens (including phenoxy) is 2. The number of amides is 1. The van der Waals surface area contributed by atoms with E-state index < -0.39 is 6.61 Å². The maximum atomic E-state index is 12.6. The van der Waals surface area contributed by atoms with Gasteiger partial charge in [-0.1, -0.05) is 19.1 Å². The predicted octanol–water partition coefficient (Wildman–Crippen LogP) is 2.16. The average molecular weight is 328 g/mol. The van der Waals surface area contributed by atoms with Crippen molar-refractivity contribution >= 4 is 5.91 Å². The van der Waals surface area contributed by atoms with Crippen LogP contribution < -0.4 is 20.1 Å². The van der Waals surface area contributed by atoms with Crippen molar-refractivity contribution in [1.82, 2.24) is 10.6 Å². The quantitative estimate of drug-likeness (QED) is 0.768. The Bertz CT molecular complexity index is 536. The van der Waals surface area contributed by atoms with E-state index in [4.69, 9.17) is 4.74 Å². The van der Waals surface area contributed by atoms with Crippen LogP contribution in [0.15, 0.2) is 18.2 Å². The van der Waals surface area contributed by atoms with Crippen molar-refractivity contribution in [1.29, 1.82) is 0 Å². The second kappa shape index (κ2) is 8.10. The highest BCUT2D eigenvalue weighted by Gasteiger charge is 2.28. The molecule has 0 saturated carbocycles. The summed E-state index contributed by atoms with van der Waals surface area (Å²) in [6.45, 7) is 2.78. The van der Waals surface area contributed by atoms with E-state index in [0.717, 1.165) is 13.1 Å². The third kappa shape index (κ3) is 4.54. The van der Waals surface area contributed by atoms with Crippen LogP contribution in [0.4, 0.5) is 8.78 Å². The van der Waals surface area contributed by atoms with Gasteiger partial charge in [-0.15, -0.1) is 0 Å². The van der Waals surface area contributed by atoms with E-state index in [-0.39, 0.29) is 29.9 Å². The van der Waals surface area contributed by atoms with Crippen molar-refractivity contribution < 1.29 is 23.0 Å². The fraction of sp³-hybridized carbons (Fsp3) is 0.562. The van der Waals surface area contributed by atoms with Crippen LogP contribution in [0.3, 0.4) is 0 Å². The lowest BCUT2D eigenvalue weighted by Crippen LogP contribution is -2.49. The van der Waals surface area contributed by atoms with Crippen molar-refractivity contribution in [3.8, 4) is 11.5 Å². The third-order valence-electron chi connectivity index (χ3n) is 3.95. The minimum absolute atomic E-state index is 0.0254. The molecule has 0 radical (unpaired) electrons. The molecule has 2 N–H and O–H groups in total. The third-order valence-corrected chi connectivity index (χ3v) is 3.95. The van der Waals surface area contributed by atoms with Gasteiger partial charge in [0.2, 0.25) is 5.91 Å². The van der Waals surface area contributed by atoms with E-state index in [9.17, 15) is 13.6 Å². The van der Waals surface area contributed by atoms with Gasteiger partial charge < -0.3 is 20.1 Å². The first-order valence-electron chi connectivity index (χ1n) is 7.70. The number of carbonyl (C=O) groups is 1. The van der Waals surface area contributed by atoms with Crippen LogP contribution in [0, 0.1) is 11.8 Å². The predicted molar refractivity (Wildman–Crippen MR) is 81.6 cm³/mol. The minimum atomic E-state index is -2.95. The van der Waals surface area contributed by atoms with Crippen molar-refractivity contribution in [3.05, 3.63) is 23.8 Å². The number of nitrogens with one attached hydrogen (secondary N) is 2. The molecule has 1 atom stereocenters. The molecule has 1 aromatic carbocycles. The lowest BCUT2D eigenvalue weighted by Gasteiger charge is -2.31. The molecule has 0 aliphatic carbocycles. The molecule has 0 spiro atoms. The molecule has 2 rings (SSSR count). The van der Waals surface area contributed by atoms with Gasteiger partial charge in [-0.3, -0.25) is 4.79 Å². The number of carbonyl (C=O) groups excluding carboxylic acids is 1. The number of halogens is 2. The van der Waals surface area contributed by atoms with E-state index in [0.29, 0.717) is 18.1 Å². The zero-order valence-corrected chi connectivity index (χ0v) is 13.3. The molecule has 128 valence electrons. The molecule has 1 fully saturated rings. The second-order valence-electron chi connectivity index (χ2n) is 5.48. The summed E-state index contributed by atoms with van der Waals surface area (Å²) in [6.07, 6.45) is 0. The largest absolute Gasteiger partial charge is 0.490 e. The molecule has 1 unspecified atom stereocenters. The summed E-state index contributed by atoms with van der Waals surface area (Å²) in [5.74, 6) is 0.326. The zero-order valence-electron chi connectivity index (χ0n) is 13.3. The Balaban J connectivity index is 2.05. The molecule has 1 saturated heterocycles. The van der Waals surface area contributed by atoms with Crippen LogP contribution in [0.2, 0.25) is 0 Å². The summed E-state index contributed by atoms with van der Waals surface area (Å²) in [6, 6.07) is 4.88. The molecule has 0 aromatic heterocycles. The molecule has 23 heavy (non-hydrogen) atoms. The maximum Gasteiger partial charge on any atom is 0.387 e. The number of alkyl halides is 2. The molecular weight excluding hydrogens is 306 g/mol. The first-order chi connectivity index (χ1) is 11.0. The van der Waals surface area contributed by atoms with Gasteiger partial charge in [-0.2, -0.15) is 8.78 Å². The van der Waals surface area contributed by atoms with Crippen LogP contribution in [-0.4, -0.2) is 32.2 Å². The van der Waals surface area contributed by atoms with Gasteiger partial charge in [0.1, 0.15) is 0 Å².